The number of fused-ring (bicyclic) bond motifs is 1. The molecule has 194 valence electrons. The van der Waals surface area contributed by atoms with Gasteiger partial charge in [-0.25, -0.2) is 0 Å². The van der Waals surface area contributed by atoms with Crippen LogP contribution in [0.1, 0.15) is 36.8 Å². The van der Waals surface area contributed by atoms with Gasteiger partial charge in [0.15, 0.2) is 0 Å². The maximum atomic E-state index is 12.7. The first-order valence-corrected chi connectivity index (χ1v) is 13.8. The van der Waals surface area contributed by atoms with Crippen molar-refractivity contribution in [3.8, 4) is 16.9 Å². The van der Waals surface area contributed by atoms with Gasteiger partial charge in [-0.2, -0.15) is 0 Å². The zero-order chi connectivity index (χ0) is 25.5. The summed E-state index contributed by atoms with van der Waals surface area (Å²) in [5.41, 5.74) is 6.53. The Labute approximate surface area is 221 Å². The molecule has 5 heteroatoms. The summed E-state index contributed by atoms with van der Waals surface area (Å²) in [6.07, 6.45) is 4.94. The van der Waals surface area contributed by atoms with Crippen molar-refractivity contribution in [1.29, 1.82) is 0 Å². The standard InChI is InChI=1S/C32H39N3O2/c1-37-29-16-14-27(15-17-29)30-11-6-7-12-31(30)34-23-21-33(22-24-34)19-8-2-3-13-32(36)35-20-18-26-9-4-5-10-28(26)25-35/h4-7,9-12,14-17H,2-3,8,13,18-25H2,1H3. The third-order valence-electron chi connectivity index (χ3n) is 7.87. The number of unbranched alkanes of at least 4 members (excludes halogenated alkanes) is 2. The number of carbonyl (C=O) groups is 1. The van der Waals surface area contributed by atoms with Crippen LogP contribution in [0.2, 0.25) is 0 Å². The third kappa shape index (κ3) is 6.34. The van der Waals surface area contributed by atoms with E-state index in [1.165, 1.54) is 34.4 Å². The molecule has 0 unspecified atom stereocenters. The minimum atomic E-state index is 0.318. The topological polar surface area (TPSA) is 36.0 Å². The Bertz CT molecular complexity index is 1170. The highest BCUT2D eigenvalue weighted by atomic mass is 16.5. The maximum absolute atomic E-state index is 12.7. The van der Waals surface area contributed by atoms with E-state index in [0.717, 1.165) is 70.8 Å². The van der Waals surface area contributed by atoms with Gasteiger partial charge in [-0.15, -0.1) is 0 Å². The Morgan fingerprint density at radius 2 is 1.51 bits per heavy atom. The van der Waals surface area contributed by atoms with Crippen LogP contribution in [0.5, 0.6) is 5.75 Å². The van der Waals surface area contributed by atoms with E-state index in [9.17, 15) is 4.79 Å². The Morgan fingerprint density at radius 1 is 0.784 bits per heavy atom. The van der Waals surface area contributed by atoms with Crippen LogP contribution in [0.3, 0.4) is 0 Å². The number of nitrogens with zero attached hydrogens (tertiary/aromatic N) is 3. The summed E-state index contributed by atoms with van der Waals surface area (Å²) in [5.74, 6) is 1.20. The molecule has 0 saturated carbocycles. The molecule has 2 aliphatic heterocycles. The number of methoxy groups -OCH3 is 1. The Kier molecular flexibility index (Phi) is 8.42. The summed E-state index contributed by atoms with van der Waals surface area (Å²) in [6, 6.07) is 25.6. The lowest BCUT2D eigenvalue weighted by molar-refractivity contribution is -0.132. The molecule has 0 N–H and O–H groups in total. The number of amides is 1. The maximum Gasteiger partial charge on any atom is 0.222 e. The third-order valence-corrected chi connectivity index (χ3v) is 7.87. The van der Waals surface area contributed by atoms with Crippen molar-refractivity contribution in [2.45, 2.75) is 38.6 Å². The molecule has 0 aliphatic carbocycles. The van der Waals surface area contributed by atoms with E-state index in [1.54, 1.807) is 7.11 Å². The van der Waals surface area contributed by atoms with Crippen LogP contribution in [-0.4, -0.2) is 62.1 Å². The van der Waals surface area contributed by atoms with Gasteiger partial charge in [0, 0.05) is 56.9 Å². The molecule has 5 nitrogen and oxygen atoms in total. The SMILES string of the molecule is COc1ccc(-c2ccccc2N2CCN(CCCCCC(=O)N3CCc4ccccc4C3)CC2)cc1. The Balaban J connectivity index is 1.03. The van der Waals surface area contributed by atoms with Crippen LogP contribution in [0.25, 0.3) is 11.1 Å². The van der Waals surface area contributed by atoms with Crippen LogP contribution >= 0.6 is 0 Å². The van der Waals surface area contributed by atoms with E-state index in [1.807, 2.05) is 17.0 Å². The van der Waals surface area contributed by atoms with E-state index in [0.29, 0.717) is 12.3 Å². The molecule has 1 fully saturated rings. The van der Waals surface area contributed by atoms with Crippen LogP contribution in [0, 0.1) is 0 Å². The number of para-hydroxylation sites is 1. The van der Waals surface area contributed by atoms with Crippen LogP contribution < -0.4 is 9.64 Å². The number of hydrogen-bond donors (Lipinski definition) is 0. The van der Waals surface area contributed by atoms with E-state index in [4.69, 9.17) is 4.74 Å². The zero-order valence-electron chi connectivity index (χ0n) is 22.1. The number of rotatable bonds is 9. The number of anilines is 1. The van der Waals surface area contributed by atoms with E-state index < -0.39 is 0 Å². The van der Waals surface area contributed by atoms with Gasteiger partial charge in [0.25, 0.3) is 0 Å². The molecular formula is C32H39N3O2. The van der Waals surface area contributed by atoms with E-state index in [-0.39, 0.29) is 0 Å². The van der Waals surface area contributed by atoms with Gasteiger partial charge in [-0.05, 0) is 60.7 Å². The van der Waals surface area contributed by atoms with Crippen molar-refractivity contribution in [3.63, 3.8) is 0 Å². The summed E-state index contributed by atoms with van der Waals surface area (Å²) >= 11 is 0. The second-order valence-electron chi connectivity index (χ2n) is 10.2. The molecule has 5 rings (SSSR count). The van der Waals surface area contributed by atoms with Gasteiger partial charge < -0.3 is 14.5 Å². The second kappa shape index (κ2) is 12.3. The molecule has 0 radical (unpaired) electrons. The molecule has 3 aromatic rings. The molecule has 3 aromatic carbocycles. The lowest BCUT2D eigenvalue weighted by Crippen LogP contribution is -2.46. The van der Waals surface area contributed by atoms with Gasteiger partial charge in [0.1, 0.15) is 5.75 Å². The summed E-state index contributed by atoms with van der Waals surface area (Å²) in [6.45, 7) is 7.03. The highest BCUT2D eigenvalue weighted by Gasteiger charge is 2.21. The highest BCUT2D eigenvalue weighted by molar-refractivity contribution is 5.79. The number of piperazine rings is 1. The molecule has 37 heavy (non-hydrogen) atoms. The lowest BCUT2D eigenvalue weighted by atomic mass is 9.99. The number of benzene rings is 3. The van der Waals surface area contributed by atoms with Gasteiger partial charge in [0.05, 0.1) is 7.11 Å². The fraction of sp³-hybridized carbons (Fsp3) is 0.406. The van der Waals surface area contributed by atoms with Crippen molar-refractivity contribution < 1.29 is 9.53 Å². The van der Waals surface area contributed by atoms with E-state index >= 15 is 0 Å². The largest absolute Gasteiger partial charge is 0.497 e. The highest BCUT2D eigenvalue weighted by Crippen LogP contribution is 2.32. The van der Waals surface area contributed by atoms with E-state index in [2.05, 4.69) is 70.5 Å². The quantitative estimate of drug-likeness (QED) is 0.359. The average molecular weight is 498 g/mol. The van der Waals surface area contributed by atoms with Crippen molar-refractivity contribution in [1.82, 2.24) is 9.80 Å². The van der Waals surface area contributed by atoms with Crippen LogP contribution in [0.4, 0.5) is 5.69 Å². The Morgan fingerprint density at radius 3 is 2.30 bits per heavy atom. The van der Waals surface area contributed by atoms with Crippen LogP contribution in [-0.2, 0) is 17.8 Å². The monoisotopic (exact) mass is 497 g/mol. The molecule has 0 spiro atoms. The van der Waals surface area contributed by atoms with Crippen LogP contribution in [0.15, 0.2) is 72.8 Å². The molecule has 1 amide bonds. The predicted molar refractivity (Wildman–Crippen MR) is 151 cm³/mol. The fourth-order valence-corrected chi connectivity index (χ4v) is 5.63. The fourth-order valence-electron chi connectivity index (χ4n) is 5.63. The minimum Gasteiger partial charge on any atom is -0.497 e. The van der Waals surface area contributed by atoms with Crippen molar-refractivity contribution in [2.75, 3.05) is 51.3 Å². The molecule has 0 aromatic heterocycles. The number of carbonyl (C=O) groups excluding carboxylic acids is 1. The molecular weight excluding hydrogens is 458 g/mol. The lowest BCUT2D eigenvalue weighted by Gasteiger charge is -2.37. The first-order chi connectivity index (χ1) is 18.2. The molecule has 1 saturated heterocycles. The normalized spacial score (nSPS) is 15.9. The van der Waals surface area contributed by atoms with Crippen molar-refractivity contribution >= 4 is 11.6 Å². The molecule has 0 atom stereocenters. The summed E-state index contributed by atoms with van der Waals surface area (Å²) < 4.78 is 5.33. The van der Waals surface area contributed by atoms with Gasteiger partial charge >= 0.3 is 0 Å². The zero-order valence-corrected chi connectivity index (χ0v) is 22.1. The minimum absolute atomic E-state index is 0.318. The molecule has 2 heterocycles. The number of hydrogen-bond acceptors (Lipinski definition) is 4. The number of ether oxygens (including phenoxy) is 1. The first-order valence-electron chi connectivity index (χ1n) is 13.8. The van der Waals surface area contributed by atoms with Gasteiger partial charge in [-0.3, -0.25) is 9.69 Å². The van der Waals surface area contributed by atoms with Gasteiger partial charge in [-0.1, -0.05) is 61.0 Å². The van der Waals surface area contributed by atoms with Crippen molar-refractivity contribution in [3.05, 3.63) is 83.9 Å². The average Bonchev–Trinajstić information content (AvgIpc) is 2.97. The summed E-state index contributed by atoms with van der Waals surface area (Å²) in [7, 11) is 1.71. The Hall–Kier alpha value is -3.31. The van der Waals surface area contributed by atoms with Crippen molar-refractivity contribution in [2.24, 2.45) is 0 Å². The summed E-state index contributed by atoms with van der Waals surface area (Å²) in [4.78, 5) is 19.9. The summed E-state index contributed by atoms with van der Waals surface area (Å²) in [5, 5.41) is 0. The smallest absolute Gasteiger partial charge is 0.222 e. The molecule has 2 aliphatic rings. The second-order valence-corrected chi connectivity index (χ2v) is 10.2. The predicted octanol–water partition coefficient (Wildman–Crippen LogP) is 5.63. The first kappa shape index (κ1) is 25.3. The molecule has 0 bridgehead atoms. The van der Waals surface area contributed by atoms with Gasteiger partial charge in [0.2, 0.25) is 5.91 Å².